The largest absolute Gasteiger partial charge is 0.446 e. The molecule has 0 fully saturated rings. The van der Waals surface area contributed by atoms with Crippen LogP contribution in [0.5, 0.6) is 0 Å². The Kier molecular flexibility index (Phi) is 6.17. The van der Waals surface area contributed by atoms with Gasteiger partial charge in [-0.15, -0.1) is 0 Å². The molecule has 0 unspecified atom stereocenters. The third-order valence-corrected chi connectivity index (χ3v) is 2.53. The van der Waals surface area contributed by atoms with Gasteiger partial charge in [-0.2, -0.15) is 0 Å². The second-order valence-electron chi connectivity index (χ2n) is 3.76. The number of ether oxygens (including phenoxy) is 1. The molecule has 0 saturated carbocycles. The fourth-order valence-electron chi connectivity index (χ4n) is 1.48. The molecule has 1 amide bonds. The molecule has 0 N–H and O–H groups in total. The minimum Gasteiger partial charge on any atom is -0.446 e. The number of hydrogen-bond donors (Lipinski definition) is 0. The molecule has 0 bridgehead atoms. The summed E-state index contributed by atoms with van der Waals surface area (Å²) in [6.45, 7) is 4.69. The van der Waals surface area contributed by atoms with Crippen molar-refractivity contribution >= 4 is 11.9 Å². The lowest BCUT2D eigenvalue weighted by Crippen LogP contribution is -2.34. The Morgan fingerprint density at radius 3 is 2.37 bits per heavy atom. The van der Waals surface area contributed by atoms with Gasteiger partial charge in [-0.05, 0) is 26.0 Å². The zero-order valence-electron chi connectivity index (χ0n) is 11.2. The SMILES string of the molecule is CCN(CC)C(=O)COC(=O)C#Cc1ccccc1. The van der Waals surface area contributed by atoms with E-state index >= 15 is 0 Å². The Labute approximate surface area is 113 Å². The van der Waals surface area contributed by atoms with Gasteiger partial charge in [-0.25, -0.2) is 4.79 Å². The Balaban J connectivity index is 2.45. The molecule has 19 heavy (non-hydrogen) atoms. The van der Waals surface area contributed by atoms with Gasteiger partial charge in [0.05, 0.1) is 0 Å². The van der Waals surface area contributed by atoms with E-state index in [0.717, 1.165) is 5.56 Å². The topological polar surface area (TPSA) is 46.6 Å². The molecule has 0 heterocycles. The maximum Gasteiger partial charge on any atom is 0.385 e. The molecule has 4 heteroatoms. The highest BCUT2D eigenvalue weighted by Gasteiger charge is 2.11. The third kappa shape index (κ3) is 5.26. The maximum absolute atomic E-state index is 11.6. The first-order valence-electron chi connectivity index (χ1n) is 6.19. The van der Waals surface area contributed by atoms with Gasteiger partial charge in [0.15, 0.2) is 6.61 Å². The number of carbonyl (C=O) groups excluding carboxylic acids is 2. The van der Waals surface area contributed by atoms with Crippen LogP contribution in [0.1, 0.15) is 19.4 Å². The lowest BCUT2D eigenvalue weighted by Gasteiger charge is -2.17. The average molecular weight is 259 g/mol. The summed E-state index contributed by atoms with van der Waals surface area (Å²) in [5.41, 5.74) is 0.731. The number of hydrogen-bond acceptors (Lipinski definition) is 3. The summed E-state index contributed by atoms with van der Waals surface area (Å²) >= 11 is 0. The van der Waals surface area contributed by atoms with Crippen LogP contribution in [0.25, 0.3) is 0 Å². The normalized spacial score (nSPS) is 9.16. The highest BCUT2D eigenvalue weighted by atomic mass is 16.5. The monoisotopic (exact) mass is 259 g/mol. The molecule has 1 aromatic rings. The Bertz CT molecular complexity index is 481. The van der Waals surface area contributed by atoms with Gasteiger partial charge in [0.1, 0.15) is 0 Å². The second-order valence-corrected chi connectivity index (χ2v) is 3.76. The zero-order chi connectivity index (χ0) is 14.1. The standard InChI is InChI=1S/C15H17NO3/c1-3-16(4-2)14(17)12-19-15(18)11-10-13-8-6-5-7-9-13/h5-9H,3-4,12H2,1-2H3. The number of esters is 1. The van der Waals surface area contributed by atoms with E-state index in [1.165, 1.54) is 0 Å². The minimum absolute atomic E-state index is 0.208. The van der Waals surface area contributed by atoms with E-state index in [-0.39, 0.29) is 12.5 Å². The Morgan fingerprint density at radius 1 is 1.16 bits per heavy atom. The number of nitrogens with zero attached hydrogens (tertiary/aromatic N) is 1. The van der Waals surface area contributed by atoms with Gasteiger partial charge in [-0.3, -0.25) is 4.79 Å². The van der Waals surface area contributed by atoms with Crippen molar-refractivity contribution < 1.29 is 14.3 Å². The molecule has 0 spiro atoms. The minimum atomic E-state index is -0.690. The number of amides is 1. The van der Waals surface area contributed by atoms with Crippen molar-refractivity contribution in [1.29, 1.82) is 0 Å². The van der Waals surface area contributed by atoms with Crippen molar-refractivity contribution in [3.63, 3.8) is 0 Å². The molecule has 100 valence electrons. The fraction of sp³-hybridized carbons (Fsp3) is 0.333. The molecule has 0 radical (unpaired) electrons. The molecule has 0 aliphatic heterocycles. The first kappa shape index (κ1) is 14.8. The molecule has 4 nitrogen and oxygen atoms in total. The van der Waals surface area contributed by atoms with Crippen LogP contribution in [-0.4, -0.2) is 36.5 Å². The summed E-state index contributed by atoms with van der Waals surface area (Å²) in [5.74, 6) is 4.12. The van der Waals surface area contributed by atoms with Gasteiger partial charge in [0, 0.05) is 24.6 Å². The van der Waals surface area contributed by atoms with E-state index in [9.17, 15) is 9.59 Å². The lowest BCUT2D eigenvalue weighted by molar-refractivity contribution is -0.147. The van der Waals surface area contributed by atoms with Gasteiger partial charge in [0.25, 0.3) is 5.91 Å². The smallest absolute Gasteiger partial charge is 0.385 e. The molecule has 0 aliphatic rings. The number of rotatable bonds is 4. The van der Waals surface area contributed by atoms with Crippen LogP contribution in [0.2, 0.25) is 0 Å². The van der Waals surface area contributed by atoms with E-state index in [2.05, 4.69) is 11.8 Å². The van der Waals surface area contributed by atoms with E-state index in [1.807, 2.05) is 32.0 Å². The van der Waals surface area contributed by atoms with Crippen LogP contribution in [0.3, 0.4) is 0 Å². The summed E-state index contributed by atoms with van der Waals surface area (Å²) in [5, 5.41) is 0. The van der Waals surface area contributed by atoms with Gasteiger partial charge < -0.3 is 9.64 Å². The first-order valence-corrected chi connectivity index (χ1v) is 6.19. The van der Waals surface area contributed by atoms with E-state index in [4.69, 9.17) is 4.74 Å². The Morgan fingerprint density at radius 2 is 1.79 bits per heavy atom. The van der Waals surface area contributed by atoms with E-state index in [0.29, 0.717) is 13.1 Å². The molecule has 1 rings (SSSR count). The molecule has 0 atom stereocenters. The van der Waals surface area contributed by atoms with Crippen molar-refractivity contribution in [2.24, 2.45) is 0 Å². The van der Waals surface area contributed by atoms with Crippen molar-refractivity contribution in [3.05, 3.63) is 35.9 Å². The fourth-order valence-corrected chi connectivity index (χ4v) is 1.48. The first-order chi connectivity index (χ1) is 9.17. The lowest BCUT2D eigenvalue weighted by atomic mass is 10.2. The predicted octanol–water partition coefficient (Wildman–Crippen LogP) is 1.45. The van der Waals surface area contributed by atoms with Gasteiger partial charge >= 0.3 is 5.97 Å². The summed E-state index contributed by atoms with van der Waals surface area (Å²) in [6.07, 6.45) is 0. The summed E-state index contributed by atoms with van der Waals surface area (Å²) in [4.78, 5) is 24.5. The highest BCUT2D eigenvalue weighted by Crippen LogP contribution is 1.95. The number of carbonyl (C=O) groups is 2. The number of likely N-dealkylation sites (N-methyl/N-ethyl adjacent to an activating group) is 1. The quantitative estimate of drug-likeness (QED) is 0.607. The summed E-state index contributed by atoms with van der Waals surface area (Å²) in [6, 6.07) is 9.12. The van der Waals surface area contributed by atoms with Crippen molar-refractivity contribution in [1.82, 2.24) is 4.90 Å². The van der Waals surface area contributed by atoms with Crippen LogP contribution in [0.4, 0.5) is 0 Å². The molecule has 0 aliphatic carbocycles. The maximum atomic E-state index is 11.6. The molecule has 1 aromatic carbocycles. The van der Waals surface area contributed by atoms with Crippen LogP contribution >= 0.6 is 0 Å². The summed E-state index contributed by atoms with van der Waals surface area (Å²) < 4.78 is 4.81. The van der Waals surface area contributed by atoms with Crippen LogP contribution < -0.4 is 0 Å². The zero-order valence-corrected chi connectivity index (χ0v) is 11.2. The van der Waals surface area contributed by atoms with E-state index in [1.54, 1.807) is 17.0 Å². The van der Waals surface area contributed by atoms with Crippen LogP contribution in [-0.2, 0) is 14.3 Å². The molecular formula is C15H17NO3. The second kappa shape index (κ2) is 7.93. The van der Waals surface area contributed by atoms with Crippen LogP contribution in [0.15, 0.2) is 30.3 Å². The number of benzene rings is 1. The van der Waals surface area contributed by atoms with Crippen molar-refractivity contribution in [2.75, 3.05) is 19.7 Å². The molecule has 0 aromatic heterocycles. The van der Waals surface area contributed by atoms with Gasteiger partial charge in [-0.1, -0.05) is 24.1 Å². The van der Waals surface area contributed by atoms with Crippen molar-refractivity contribution in [3.8, 4) is 11.8 Å². The van der Waals surface area contributed by atoms with Crippen molar-refractivity contribution in [2.45, 2.75) is 13.8 Å². The molecule has 0 saturated heterocycles. The summed E-state index contributed by atoms with van der Waals surface area (Å²) in [7, 11) is 0. The van der Waals surface area contributed by atoms with E-state index < -0.39 is 5.97 Å². The third-order valence-electron chi connectivity index (χ3n) is 2.53. The highest BCUT2D eigenvalue weighted by molar-refractivity contribution is 5.91. The van der Waals surface area contributed by atoms with Crippen LogP contribution in [0, 0.1) is 11.8 Å². The van der Waals surface area contributed by atoms with Gasteiger partial charge in [0.2, 0.25) is 0 Å². The predicted molar refractivity (Wildman–Crippen MR) is 72.2 cm³/mol. The molecular weight excluding hydrogens is 242 g/mol. The average Bonchev–Trinajstić information content (AvgIpc) is 2.45. The Hall–Kier alpha value is -2.28.